The van der Waals surface area contributed by atoms with Gasteiger partial charge in [-0.15, -0.1) is 10.2 Å². The lowest BCUT2D eigenvalue weighted by Gasteiger charge is -2.30. The monoisotopic (exact) mass is 498 g/mol. The Kier molecular flexibility index (Phi) is 7.13. The van der Waals surface area contributed by atoms with Gasteiger partial charge in [-0.25, -0.2) is 4.39 Å². The molecule has 0 radical (unpaired) electrons. The maximum atomic E-state index is 14.1. The second kappa shape index (κ2) is 10.4. The summed E-state index contributed by atoms with van der Waals surface area (Å²) in [7, 11) is 1.77. The van der Waals surface area contributed by atoms with E-state index in [4.69, 9.17) is 9.15 Å². The lowest BCUT2D eigenvalue weighted by Crippen LogP contribution is -2.28. The van der Waals surface area contributed by atoms with E-state index >= 15 is 0 Å². The summed E-state index contributed by atoms with van der Waals surface area (Å²) in [6.07, 6.45) is 6.73. The van der Waals surface area contributed by atoms with E-state index in [-0.39, 0.29) is 30.1 Å². The average molecular weight is 499 g/mol. The summed E-state index contributed by atoms with van der Waals surface area (Å²) in [5.41, 5.74) is 0. The summed E-state index contributed by atoms with van der Waals surface area (Å²) in [5, 5.41) is 9.53. The fourth-order valence-electron chi connectivity index (χ4n) is 5.65. The first kappa shape index (κ1) is 23.9. The minimum Gasteiger partial charge on any atom is -0.483 e. The molecule has 0 N–H and O–H groups in total. The zero-order chi connectivity index (χ0) is 24.4. The number of hydrogen-bond acceptors (Lipinski definition) is 6. The number of fused-ring (bicyclic) bond motifs is 2. The second-order valence-electron chi connectivity index (χ2n) is 9.69. The zero-order valence-corrected chi connectivity index (χ0v) is 20.9. The van der Waals surface area contributed by atoms with Crippen molar-refractivity contribution in [1.29, 1.82) is 0 Å². The van der Waals surface area contributed by atoms with E-state index in [1.165, 1.54) is 43.5 Å². The van der Waals surface area contributed by atoms with E-state index < -0.39 is 5.82 Å². The average Bonchev–Trinajstić information content (AvgIpc) is 3.67. The van der Waals surface area contributed by atoms with E-state index in [0.717, 1.165) is 17.6 Å². The normalized spacial score (nSPS) is 21.9. The molecule has 2 bridgehead atoms. The number of carbonyl (C=O) groups is 1. The third-order valence-corrected chi connectivity index (χ3v) is 8.40. The maximum absolute atomic E-state index is 14.1. The number of halogens is 1. The highest BCUT2D eigenvalue weighted by molar-refractivity contribution is 7.99. The van der Waals surface area contributed by atoms with Crippen LogP contribution in [0.5, 0.6) is 5.75 Å². The van der Waals surface area contributed by atoms with Crippen molar-refractivity contribution in [2.45, 2.75) is 57.0 Å². The smallest absolute Gasteiger partial charge is 0.233 e. The summed E-state index contributed by atoms with van der Waals surface area (Å²) < 4.78 is 27.4. The number of hydrogen-bond donors (Lipinski definition) is 0. The van der Waals surface area contributed by atoms with Gasteiger partial charge < -0.3 is 14.1 Å². The van der Waals surface area contributed by atoms with Crippen LogP contribution in [0.15, 0.2) is 52.2 Å². The Morgan fingerprint density at radius 1 is 1.26 bits per heavy atom. The molecular formula is C26H31FN4O3S. The summed E-state index contributed by atoms with van der Waals surface area (Å²) >= 11 is 1.39. The third-order valence-electron chi connectivity index (χ3n) is 7.47. The minimum absolute atomic E-state index is 0.0160. The summed E-state index contributed by atoms with van der Waals surface area (Å²) in [6.45, 7) is 2.75. The van der Waals surface area contributed by atoms with Gasteiger partial charge in [0.25, 0.3) is 0 Å². The number of thioether (sulfide) groups is 1. The van der Waals surface area contributed by atoms with Gasteiger partial charge >= 0.3 is 0 Å². The molecule has 2 aromatic heterocycles. The highest BCUT2D eigenvalue weighted by Crippen LogP contribution is 2.52. The molecule has 2 heterocycles. The van der Waals surface area contributed by atoms with Crippen LogP contribution < -0.4 is 4.74 Å². The highest BCUT2D eigenvalue weighted by Gasteiger charge is 2.43. The molecule has 7 nitrogen and oxygen atoms in total. The lowest BCUT2D eigenvalue weighted by molar-refractivity contribution is -0.127. The molecule has 0 aliphatic heterocycles. The summed E-state index contributed by atoms with van der Waals surface area (Å²) in [5.74, 6) is 3.50. The largest absolute Gasteiger partial charge is 0.483 e. The van der Waals surface area contributed by atoms with Crippen LogP contribution in [-0.4, -0.2) is 38.4 Å². The fourth-order valence-corrected chi connectivity index (χ4v) is 6.64. The Bertz CT molecular complexity index is 1150. The van der Waals surface area contributed by atoms with Crippen LogP contribution in [0.1, 0.15) is 50.2 Å². The van der Waals surface area contributed by atoms with Gasteiger partial charge in [0.1, 0.15) is 12.4 Å². The van der Waals surface area contributed by atoms with Crippen LogP contribution in [0, 0.1) is 23.6 Å². The molecule has 9 heteroatoms. The first-order chi connectivity index (χ1) is 17.0. The van der Waals surface area contributed by atoms with Gasteiger partial charge in [0.2, 0.25) is 5.91 Å². The van der Waals surface area contributed by atoms with Crippen molar-refractivity contribution in [3.63, 3.8) is 0 Å². The van der Waals surface area contributed by atoms with Crippen LogP contribution in [0.2, 0.25) is 0 Å². The number of ether oxygens (including phenoxy) is 1. The summed E-state index contributed by atoms with van der Waals surface area (Å²) in [4.78, 5) is 14.4. The number of aromatic nitrogens is 3. The van der Waals surface area contributed by atoms with Crippen LogP contribution >= 0.6 is 11.8 Å². The molecule has 4 unspecified atom stereocenters. The topological polar surface area (TPSA) is 73.4 Å². The highest BCUT2D eigenvalue weighted by atomic mass is 32.2. The van der Waals surface area contributed by atoms with Crippen molar-refractivity contribution in [2.24, 2.45) is 17.8 Å². The molecule has 0 spiro atoms. The predicted molar refractivity (Wildman–Crippen MR) is 130 cm³/mol. The maximum Gasteiger partial charge on any atom is 0.233 e. The standard InChI is InChI=1S/C26H31FN4O3S/c1-17(21-13-18-9-10-19(21)12-18)31-24(15-34-23-8-4-3-7-22(23)27)28-29-26(31)35-16-25(32)30(2)14-20-6-5-11-33-20/h3-8,11,17-19,21H,9-10,12-16H2,1-2H3. The van der Waals surface area contributed by atoms with Crippen LogP contribution in [0.4, 0.5) is 4.39 Å². The zero-order valence-electron chi connectivity index (χ0n) is 20.1. The van der Waals surface area contributed by atoms with E-state index in [1.807, 2.05) is 12.1 Å². The number of para-hydroxylation sites is 1. The molecular weight excluding hydrogens is 467 g/mol. The Morgan fingerprint density at radius 2 is 2.11 bits per heavy atom. The SMILES string of the molecule is CC(C1CC2CCC1C2)n1c(COc2ccccc2F)nnc1SCC(=O)N(C)Cc1ccco1. The molecule has 35 heavy (non-hydrogen) atoms. The Labute approximate surface area is 209 Å². The van der Waals surface area contributed by atoms with Gasteiger partial charge in [0.15, 0.2) is 22.5 Å². The van der Waals surface area contributed by atoms with Gasteiger partial charge in [0, 0.05) is 13.1 Å². The van der Waals surface area contributed by atoms with Crippen molar-refractivity contribution in [3.05, 3.63) is 60.1 Å². The molecule has 2 aliphatic carbocycles. The van der Waals surface area contributed by atoms with Crippen molar-refractivity contribution >= 4 is 17.7 Å². The van der Waals surface area contributed by atoms with E-state index in [9.17, 15) is 9.18 Å². The third kappa shape index (κ3) is 5.24. The molecule has 1 amide bonds. The molecule has 186 valence electrons. The molecule has 2 fully saturated rings. The van der Waals surface area contributed by atoms with Gasteiger partial charge in [0.05, 0.1) is 18.6 Å². The van der Waals surface area contributed by atoms with Crippen molar-refractivity contribution in [2.75, 3.05) is 12.8 Å². The first-order valence-corrected chi connectivity index (χ1v) is 13.2. The van der Waals surface area contributed by atoms with Crippen molar-refractivity contribution in [3.8, 4) is 5.75 Å². The Morgan fingerprint density at radius 3 is 2.83 bits per heavy atom. The molecule has 5 rings (SSSR count). The number of rotatable bonds is 10. The fraction of sp³-hybridized carbons (Fsp3) is 0.500. The number of nitrogens with zero attached hydrogens (tertiary/aromatic N) is 4. The second-order valence-corrected chi connectivity index (χ2v) is 10.6. The van der Waals surface area contributed by atoms with Crippen molar-refractivity contribution in [1.82, 2.24) is 19.7 Å². The van der Waals surface area contributed by atoms with E-state index in [2.05, 4.69) is 21.7 Å². The van der Waals surface area contributed by atoms with Gasteiger partial charge in [-0.05, 0) is 68.2 Å². The molecule has 2 aliphatic rings. The first-order valence-electron chi connectivity index (χ1n) is 12.2. The number of furan rings is 1. The van der Waals surface area contributed by atoms with Crippen molar-refractivity contribution < 1.29 is 18.3 Å². The van der Waals surface area contributed by atoms with Gasteiger partial charge in [-0.3, -0.25) is 9.36 Å². The quantitative estimate of drug-likeness (QED) is 0.352. The van der Waals surface area contributed by atoms with Crippen LogP contribution in [-0.2, 0) is 17.9 Å². The lowest BCUT2D eigenvalue weighted by atomic mass is 9.84. The Balaban J connectivity index is 1.31. The summed E-state index contributed by atoms with van der Waals surface area (Å²) in [6, 6.07) is 10.2. The number of benzene rings is 1. The van der Waals surface area contributed by atoms with Crippen LogP contribution in [0.3, 0.4) is 0 Å². The van der Waals surface area contributed by atoms with Gasteiger partial charge in [-0.2, -0.15) is 0 Å². The van der Waals surface area contributed by atoms with E-state index in [0.29, 0.717) is 23.4 Å². The Hall–Kier alpha value is -2.81. The molecule has 0 saturated heterocycles. The number of carbonyl (C=O) groups excluding carboxylic acids is 1. The minimum atomic E-state index is -0.403. The predicted octanol–water partition coefficient (Wildman–Crippen LogP) is 5.34. The number of amides is 1. The molecule has 1 aromatic carbocycles. The molecule has 4 atom stereocenters. The molecule has 3 aromatic rings. The van der Waals surface area contributed by atoms with E-state index in [1.54, 1.807) is 36.4 Å². The van der Waals surface area contributed by atoms with Gasteiger partial charge in [-0.1, -0.05) is 30.3 Å². The van der Waals surface area contributed by atoms with Crippen LogP contribution in [0.25, 0.3) is 0 Å². The molecule has 2 saturated carbocycles.